The summed E-state index contributed by atoms with van der Waals surface area (Å²) >= 11 is 0. The first kappa shape index (κ1) is 9.15. The van der Waals surface area contributed by atoms with Crippen LogP contribution in [-0.2, 0) is 0 Å². The molecule has 4 heteroatoms. The molecule has 1 aromatic heterocycles. The number of nitrogens with two attached hydrogens (primary N) is 1. The van der Waals surface area contributed by atoms with Crippen molar-refractivity contribution >= 4 is 5.91 Å². The lowest BCUT2D eigenvalue weighted by Gasteiger charge is -2.36. The third-order valence-electron chi connectivity index (χ3n) is 2.62. The number of primary amides is 1. The van der Waals surface area contributed by atoms with Crippen molar-refractivity contribution in [1.82, 2.24) is 9.88 Å². The van der Waals surface area contributed by atoms with E-state index in [9.17, 15) is 4.79 Å². The monoisotopic (exact) mass is 191 g/mol. The number of amides is 1. The van der Waals surface area contributed by atoms with Gasteiger partial charge in [-0.2, -0.15) is 0 Å². The van der Waals surface area contributed by atoms with Crippen LogP contribution in [0, 0.1) is 0 Å². The molecule has 2 rings (SSSR count). The zero-order valence-electron chi connectivity index (χ0n) is 8.10. The maximum atomic E-state index is 11.1. The summed E-state index contributed by atoms with van der Waals surface area (Å²) < 4.78 is 0. The highest BCUT2D eigenvalue weighted by atomic mass is 16.1. The molecule has 0 saturated carbocycles. The summed E-state index contributed by atoms with van der Waals surface area (Å²) in [6, 6.07) is 1.69. The second-order valence-corrected chi connectivity index (χ2v) is 3.75. The van der Waals surface area contributed by atoms with E-state index in [1.165, 1.54) is 0 Å². The van der Waals surface area contributed by atoms with E-state index in [4.69, 9.17) is 5.73 Å². The van der Waals surface area contributed by atoms with Crippen LogP contribution in [0.25, 0.3) is 0 Å². The zero-order chi connectivity index (χ0) is 10.1. The first-order valence-electron chi connectivity index (χ1n) is 4.60. The van der Waals surface area contributed by atoms with Gasteiger partial charge in [0.1, 0.15) is 0 Å². The molecule has 0 radical (unpaired) electrons. The Morgan fingerprint density at radius 3 is 2.93 bits per heavy atom. The molecule has 4 nitrogen and oxygen atoms in total. The number of rotatable bonds is 2. The highest BCUT2D eigenvalue weighted by Crippen LogP contribution is 2.27. The van der Waals surface area contributed by atoms with Gasteiger partial charge in [-0.25, -0.2) is 0 Å². The SMILES string of the molecule is CN1CC(c2cnccc2C(N)=O)C1. The van der Waals surface area contributed by atoms with Crippen molar-refractivity contribution in [3.8, 4) is 0 Å². The number of likely N-dealkylation sites (tertiary alicyclic amines) is 1. The van der Waals surface area contributed by atoms with Crippen LogP contribution in [0.2, 0.25) is 0 Å². The van der Waals surface area contributed by atoms with Gasteiger partial charge in [-0.15, -0.1) is 0 Å². The van der Waals surface area contributed by atoms with Crippen LogP contribution in [0.15, 0.2) is 18.5 Å². The van der Waals surface area contributed by atoms with Crippen LogP contribution in [0.4, 0.5) is 0 Å². The summed E-state index contributed by atoms with van der Waals surface area (Å²) in [5.74, 6) is 0.0492. The fourth-order valence-electron chi connectivity index (χ4n) is 1.85. The maximum Gasteiger partial charge on any atom is 0.249 e. The highest BCUT2D eigenvalue weighted by molar-refractivity contribution is 5.94. The van der Waals surface area contributed by atoms with Gasteiger partial charge in [0.15, 0.2) is 0 Å². The fourth-order valence-corrected chi connectivity index (χ4v) is 1.85. The molecule has 1 aromatic rings. The van der Waals surface area contributed by atoms with Crippen LogP contribution >= 0.6 is 0 Å². The molecule has 1 amide bonds. The Bertz CT molecular complexity index is 358. The number of hydrogen-bond donors (Lipinski definition) is 1. The third kappa shape index (κ3) is 1.48. The summed E-state index contributed by atoms with van der Waals surface area (Å²) in [5.41, 5.74) is 6.88. The van der Waals surface area contributed by atoms with Crippen LogP contribution in [0.5, 0.6) is 0 Å². The van der Waals surface area contributed by atoms with Crippen molar-refractivity contribution < 1.29 is 4.79 Å². The van der Waals surface area contributed by atoms with Crippen molar-refractivity contribution in [3.05, 3.63) is 29.6 Å². The van der Waals surface area contributed by atoms with E-state index in [1.54, 1.807) is 18.5 Å². The van der Waals surface area contributed by atoms with Gasteiger partial charge in [0.05, 0.1) is 0 Å². The minimum Gasteiger partial charge on any atom is -0.366 e. The second kappa shape index (κ2) is 3.38. The van der Waals surface area contributed by atoms with Crippen LogP contribution < -0.4 is 5.73 Å². The van der Waals surface area contributed by atoms with E-state index in [0.29, 0.717) is 11.5 Å². The van der Waals surface area contributed by atoms with Crippen LogP contribution in [0.1, 0.15) is 21.8 Å². The molecule has 0 spiro atoms. The second-order valence-electron chi connectivity index (χ2n) is 3.75. The molecule has 0 atom stereocenters. The van der Waals surface area contributed by atoms with E-state index >= 15 is 0 Å². The molecule has 1 aliphatic heterocycles. The van der Waals surface area contributed by atoms with E-state index in [0.717, 1.165) is 18.7 Å². The third-order valence-corrected chi connectivity index (χ3v) is 2.62. The number of hydrogen-bond acceptors (Lipinski definition) is 3. The van der Waals surface area contributed by atoms with Gasteiger partial charge in [-0.05, 0) is 18.7 Å². The molecule has 0 unspecified atom stereocenters. The minimum atomic E-state index is -0.364. The Morgan fingerprint density at radius 1 is 1.64 bits per heavy atom. The topological polar surface area (TPSA) is 59.2 Å². The Labute approximate surface area is 82.7 Å². The summed E-state index contributed by atoms with van der Waals surface area (Å²) in [7, 11) is 2.05. The maximum absolute atomic E-state index is 11.1. The lowest BCUT2D eigenvalue weighted by molar-refractivity contribution is 0.0996. The Hall–Kier alpha value is -1.42. The first-order chi connectivity index (χ1) is 6.68. The fraction of sp³-hybridized carbons (Fsp3) is 0.400. The molecule has 2 heterocycles. The van der Waals surface area contributed by atoms with Gasteiger partial charge in [0, 0.05) is 37.0 Å². The quantitative estimate of drug-likeness (QED) is 0.727. The van der Waals surface area contributed by atoms with Crippen LogP contribution in [-0.4, -0.2) is 35.9 Å². The first-order valence-corrected chi connectivity index (χ1v) is 4.60. The normalized spacial score (nSPS) is 17.8. The Balaban J connectivity index is 2.28. The standard InChI is InChI=1S/C10H13N3O/c1-13-5-7(6-13)9-4-12-3-2-8(9)10(11)14/h2-4,7H,5-6H2,1H3,(H2,11,14). The predicted molar refractivity (Wildman–Crippen MR) is 53.0 cm³/mol. The van der Waals surface area contributed by atoms with Gasteiger partial charge in [-0.1, -0.05) is 0 Å². The molecule has 1 fully saturated rings. The number of carbonyl (C=O) groups is 1. The molecular weight excluding hydrogens is 178 g/mol. The summed E-state index contributed by atoms with van der Waals surface area (Å²) in [4.78, 5) is 17.4. The van der Waals surface area contributed by atoms with E-state index in [-0.39, 0.29) is 5.91 Å². The molecule has 74 valence electrons. The predicted octanol–water partition coefficient (Wildman–Crippen LogP) is 0.209. The molecular formula is C10H13N3O. The van der Waals surface area contributed by atoms with E-state index in [2.05, 4.69) is 16.9 Å². The summed E-state index contributed by atoms with van der Waals surface area (Å²) in [5, 5.41) is 0. The molecule has 0 bridgehead atoms. The van der Waals surface area contributed by atoms with Crippen molar-refractivity contribution in [1.29, 1.82) is 0 Å². The number of nitrogens with zero attached hydrogens (tertiary/aromatic N) is 2. The zero-order valence-corrected chi connectivity index (χ0v) is 8.10. The summed E-state index contributed by atoms with van der Waals surface area (Å²) in [6.45, 7) is 1.96. The average Bonchev–Trinajstić information content (AvgIpc) is 2.13. The molecule has 1 saturated heterocycles. The number of pyridine rings is 1. The molecule has 0 aliphatic carbocycles. The number of aromatic nitrogens is 1. The number of carbonyl (C=O) groups excluding carboxylic acids is 1. The van der Waals surface area contributed by atoms with E-state index in [1.807, 2.05) is 0 Å². The van der Waals surface area contributed by atoms with Gasteiger partial charge in [0.25, 0.3) is 0 Å². The van der Waals surface area contributed by atoms with Gasteiger partial charge >= 0.3 is 0 Å². The highest BCUT2D eigenvalue weighted by Gasteiger charge is 2.27. The largest absolute Gasteiger partial charge is 0.366 e. The molecule has 14 heavy (non-hydrogen) atoms. The molecule has 1 aliphatic rings. The van der Waals surface area contributed by atoms with Crippen molar-refractivity contribution in [2.45, 2.75) is 5.92 Å². The number of likely N-dealkylation sites (N-methyl/N-ethyl adjacent to an activating group) is 1. The summed E-state index contributed by atoms with van der Waals surface area (Å²) in [6.07, 6.45) is 3.35. The van der Waals surface area contributed by atoms with Crippen LogP contribution in [0.3, 0.4) is 0 Å². The smallest absolute Gasteiger partial charge is 0.249 e. The van der Waals surface area contributed by atoms with Crippen molar-refractivity contribution in [2.24, 2.45) is 5.73 Å². The van der Waals surface area contributed by atoms with Gasteiger partial charge < -0.3 is 10.6 Å². The van der Waals surface area contributed by atoms with Gasteiger partial charge in [0.2, 0.25) is 5.91 Å². The van der Waals surface area contributed by atoms with Crippen molar-refractivity contribution in [2.75, 3.05) is 20.1 Å². The average molecular weight is 191 g/mol. The Kier molecular flexibility index (Phi) is 2.21. The molecule has 2 N–H and O–H groups in total. The van der Waals surface area contributed by atoms with E-state index < -0.39 is 0 Å². The minimum absolute atomic E-state index is 0.364. The lowest BCUT2D eigenvalue weighted by atomic mass is 9.90. The van der Waals surface area contributed by atoms with Gasteiger partial charge in [-0.3, -0.25) is 9.78 Å². The lowest BCUT2D eigenvalue weighted by Crippen LogP contribution is -2.42. The Morgan fingerprint density at radius 2 is 2.36 bits per heavy atom. The van der Waals surface area contributed by atoms with Crippen molar-refractivity contribution in [3.63, 3.8) is 0 Å². The molecule has 0 aromatic carbocycles.